The third-order valence-electron chi connectivity index (χ3n) is 4.70. The number of nitrogens with zero attached hydrogens (tertiary/aromatic N) is 2. The Hall–Kier alpha value is -1.63. The van der Waals surface area contributed by atoms with Gasteiger partial charge in [-0.05, 0) is 37.8 Å². The summed E-state index contributed by atoms with van der Waals surface area (Å²) in [6, 6.07) is 6.79. The number of para-hydroxylation sites is 2. The number of benzene rings is 1. The molecule has 1 aromatic carbocycles. The van der Waals surface area contributed by atoms with Gasteiger partial charge < -0.3 is 5.32 Å². The quantitative estimate of drug-likeness (QED) is 0.759. The highest BCUT2D eigenvalue weighted by molar-refractivity contribution is 8.00. The van der Waals surface area contributed by atoms with Crippen molar-refractivity contribution in [1.29, 1.82) is 0 Å². The van der Waals surface area contributed by atoms with E-state index < -0.39 is 11.8 Å². The van der Waals surface area contributed by atoms with E-state index in [1.54, 1.807) is 31.2 Å². The van der Waals surface area contributed by atoms with Crippen molar-refractivity contribution in [3.8, 4) is 0 Å². The number of hydrogen-bond acceptors (Lipinski definition) is 3. The molecule has 1 amide bonds. The van der Waals surface area contributed by atoms with Crippen molar-refractivity contribution >= 4 is 28.7 Å². The predicted octanol–water partition coefficient (Wildman–Crippen LogP) is 4.61. The molecule has 1 aliphatic rings. The summed E-state index contributed by atoms with van der Waals surface area (Å²) in [6.07, 6.45) is 6.04. The number of amides is 1. The molecule has 1 atom stereocenters. The molecule has 0 spiro atoms. The second-order valence-electron chi connectivity index (χ2n) is 6.54. The monoisotopic (exact) mass is 367 g/mol. The first-order valence-corrected chi connectivity index (χ1v) is 9.63. The van der Waals surface area contributed by atoms with Gasteiger partial charge in [0.15, 0.2) is 5.16 Å². The second kappa shape index (κ2) is 8.17. The zero-order chi connectivity index (χ0) is 17.8. The lowest BCUT2D eigenvalue weighted by atomic mass is 9.89. The minimum absolute atomic E-state index is 0.122. The van der Waals surface area contributed by atoms with E-state index in [0.29, 0.717) is 23.5 Å². The van der Waals surface area contributed by atoms with Gasteiger partial charge in [-0.15, -0.1) is 0 Å². The number of halogens is 2. The van der Waals surface area contributed by atoms with Crippen molar-refractivity contribution in [3.05, 3.63) is 24.3 Å². The second-order valence-corrected chi connectivity index (χ2v) is 7.85. The molecule has 25 heavy (non-hydrogen) atoms. The van der Waals surface area contributed by atoms with Gasteiger partial charge in [0.1, 0.15) is 0 Å². The third-order valence-corrected chi connectivity index (χ3v) is 5.77. The lowest BCUT2D eigenvalue weighted by Crippen LogP contribution is -2.35. The van der Waals surface area contributed by atoms with Crippen molar-refractivity contribution in [2.45, 2.75) is 56.0 Å². The summed E-state index contributed by atoms with van der Waals surface area (Å²) in [5, 5.41) is 2.67. The van der Waals surface area contributed by atoms with E-state index in [9.17, 15) is 13.6 Å². The molecular formula is C18H23F2N3OS. The zero-order valence-electron chi connectivity index (χ0n) is 14.3. The SMILES string of the molecule is CC(Sc1nc2ccccc2n1C(F)F)C(=O)NCC1CCCCC1. The van der Waals surface area contributed by atoms with Crippen LogP contribution in [0.15, 0.2) is 29.4 Å². The first-order valence-electron chi connectivity index (χ1n) is 8.75. The summed E-state index contributed by atoms with van der Waals surface area (Å²) in [7, 11) is 0. The fraction of sp³-hybridized carbons (Fsp3) is 0.556. The van der Waals surface area contributed by atoms with Crippen LogP contribution in [-0.2, 0) is 4.79 Å². The number of thioether (sulfide) groups is 1. The van der Waals surface area contributed by atoms with Gasteiger partial charge in [-0.3, -0.25) is 9.36 Å². The van der Waals surface area contributed by atoms with E-state index in [-0.39, 0.29) is 11.1 Å². The Morgan fingerprint density at radius 1 is 1.32 bits per heavy atom. The van der Waals surface area contributed by atoms with Gasteiger partial charge in [-0.2, -0.15) is 8.78 Å². The Kier molecular flexibility index (Phi) is 5.93. The lowest BCUT2D eigenvalue weighted by molar-refractivity contribution is -0.120. The van der Waals surface area contributed by atoms with Crippen LogP contribution >= 0.6 is 11.8 Å². The standard InChI is InChI=1S/C18H23F2N3OS/c1-12(16(24)21-11-13-7-3-2-4-8-13)25-18-22-14-9-5-6-10-15(14)23(18)17(19)20/h5-6,9-10,12-13,17H,2-4,7-8,11H2,1H3,(H,21,24). The van der Waals surface area contributed by atoms with Crippen LogP contribution in [-0.4, -0.2) is 27.3 Å². The average molecular weight is 367 g/mol. The molecule has 0 bridgehead atoms. The van der Waals surface area contributed by atoms with Crippen LogP contribution in [0.2, 0.25) is 0 Å². The summed E-state index contributed by atoms with van der Waals surface area (Å²) in [6.45, 7) is -0.280. The molecule has 3 rings (SSSR count). The minimum Gasteiger partial charge on any atom is -0.355 e. The number of hydrogen-bond donors (Lipinski definition) is 1. The van der Waals surface area contributed by atoms with Crippen molar-refractivity contribution in [2.24, 2.45) is 5.92 Å². The fourth-order valence-corrected chi connectivity index (χ4v) is 4.23. The normalized spacial score (nSPS) is 17.1. The molecule has 1 aliphatic carbocycles. The maximum atomic E-state index is 13.4. The number of alkyl halides is 2. The number of carbonyl (C=O) groups is 1. The van der Waals surface area contributed by atoms with Gasteiger partial charge in [0, 0.05) is 6.54 Å². The van der Waals surface area contributed by atoms with E-state index in [4.69, 9.17) is 0 Å². The van der Waals surface area contributed by atoms with Gasteiger partial charge in [0.05, 0.1) is 16.3 Å². The number of aromatic nitrogens is 2. The van der Waals surface area contributed by atoms with Crippen molar-refractivity contribution in [1.82, 2.24) is 14.9 Å². The first-order chi connectivity index (χ1) is 12.1. The Morgan fingerprint density at radius 2 is 2.04 bits per heavy atom. The fourth-order valence-electron chi connectivity index (χ4n) is 3.29. The van der Waals surface area contributed by atoms with Gasteiger partial charge >= 0.3 is 6.55 Å². The first kappa shape index (κ1) is 18.2. The summed E-state index contributed by atoms with van der Waals surface area (Å²) in [5.41, 5.74) is 0.898. The van der Waals surface area contributed by atoms with Crippen LogP contribution in [0.25, 0.3) is 11.0 Å². The molecular weight excluding hydrogens is 344 g/mol. The summed E-state index contributed by atoms with van der Waals surface area (Å²) in [5.74, 6) is 0.420. The molecule has 1 aromatic heterocycles. The van der Waals surface area contributed by atoms with Crippen LogP contribution in [0, 0.1) is 5.92 Å². The highest BCUT2D eigenvalue weighted by Gasteiger charge is 2.23. The topological polar surface area (TPSA) is 46.9 Å². The average Bonchev–Trinajstić information content (AvgIpc) is 2.98. The van der Waals surface area contributed by atoms with Crippen LogP contribution in [0.5, 0.6) is 0 Å². The third kappa shape index (κ3) is 4.32. The van der Waals surface area contributed by atoms with Crippen molar-refractivity contribution in [2.75, 3.05) is 6.54 Å². The van der Waals surface area contributed by atoms with Crippen molar-refractivity contribution in [3.63, 3.8) is 0 Å². The molecule has 2 aromatic rings. The molecule has 7 heteroatoms. The van der Waals surface area contributed by atoms with Crippen LogP contribution < -0.4 is 5.32 Å². The lowest BCUT2D eigenvalue weighted by Gasteiger charge is -2.22. The van der Waals surface area contributed by atoms with Crippen LogP contribution in [0.1, 0.15) is 45.6 Å². The molecule has 0 radical (unpaired) electrons. The van der Waals surface area contributed by atoms with E-state index in [2.05, 4.69) is 10.3 Å². The van der Waals surface area contributed by atoms with Crippen molar-refractivity contribution < 1.29 is 13.6 Å². The van der Waals surface area contributed by atoms with Gasteiger partial charge in [0.25, 0.3) is 0 Å². The maximum absolute atomic E-state index is 13.4. The van der Waals surface area contributed by atoms with E-state index in [1.807, 2.05) is 0 Å². The molecule has 1 heterocycles. The predicted molar refractivity (Wildman–Crippen MR) is 95.9 cm³/mol. The van der Waals surface area contributed by atoms with Crippen LogP contribution in [0.4, 0.5) is 8.78 Å². The van der Waals surface area contributed by atoms with E-state index >= 15 is 0 Å². The number of imidazole rings is 1. The highest BCUT2D eigenvalue weighted by Crippen LogP contribution is 2.31. The molecule has 0 saturated heterocycles. The molecule has 1 N–H and O–H groups in total. The number of rotatable bonds is 6. The smallest absolute Gasteiger partial charge is 0.321 e. The number of fused-ring (bicyclic) bond motifs is 1. The molecule has 1 unspecified atom stereocenters. The van der Waals surface area contributed by atoms with Gasteiger partial charge in [-0.1, -0.05) is 43.2 Å². The molecule has 4 nitrogen and oxygen atoms in total. The van der Waals surface area contributed by atoms with Crippen LogP contribution in [0.3, 0.4) is 0 Å². The zero-order valence-corrected chi connectivity index (χ0v) is 15.1. The maximum Gasteiger partial charge on any atom is 0.321 e. The number of nitrogens with one attached hydrogen (secondary N) is 1. The Balaban J connectivity index is 1.65. The molecule has 1 saturated carbocycles. The van der Waals surface area contributed by atoms with Gasteiger partial charge in [-0.25, -0.2) is 4.98 Å². The summed E-state index contributed by atoms with van der Waals surface area (Å²) < 4.78 is 27.8. The largest absolute Gasteiger partial charge is 0.355 e. The Bertz CT molecular complexity index is 728. The minimum atomic E-state index is -2.69. The van der Waals surface area contributed by atoms with Gasteiger partial charge in [0.2, 0.25) is 5.91 Å². The Morgan fingerprint density at radius 3 is 2.76 bits per heavy atom. The van der Waals surface area contributed by atoms with E-state index in [1.165, 1.54) is 19.3 Å². The summed E-state index contributed by atoms with van der Waals surface area (Å²) >= 11 is 1.08. The molecule has 1 fully saturated rings. The molecule has 0 aliphatic heterocycles. The molecule has 136 valence electrons. The Labute approximate surface area is 150 Å². The number of carbonyl (C=O) groups excluding carboxylic acids is 1. The van der Waals surface area contributed by atoms with E-state index in [0.717, 1.165) is 29.2 Å². The summed E-state index contributed by atoms with van der Waals surface area (Å²) in [4.78, 5) is 16.6. The highest BCUT2D eigenvalue weighted by atomic mass is 32.2.